The van der Waals surface area contributed by atoms with Crippen molar-refractivity contribution in [2.45, 2.75) is 46.2 Å². The smallest absolute Gasteiger partial charge is 0.236 e. The first kappa shape index (κ1) is 18.9. The summed E-state index contributed by atoms with van der Waals surface area (Å²) in [5, 5.41) is 8.62. The van der Waals surface area contributed by atoms with Crippen LogP contribution in [0, 0.1) is 5.92 Å². The molecule has 0 saturated heterocycles. The van der Waals surface area contributed by atoms with Crippen molar-refractivity contribution in [1.29, 1.82) is 0 Å². The number of ether oxygens (including phenoxy) is 1. The third-order valence-electron chi connectivity index (χ3n) is 2.80. The molecule has 118 valence electrons. The zero-order valence-corrected chi connectivity index (χ0v) is 13.3. The lowest BCUT2D eigenvalue weighted by Gasteiger charge is -2.19. The summed E-state index contributed by atoms with van der Waals surface area (Å²) < 4.78 is 4.91. The Labute approximate surface area is 122 Å². The maximum Gasteiger partial charge on any atom is 0.236 e. The third kappa shape index (κ3) is 8.87. The fourth-order valence-electron chi connectivity index (χ4n) is 1.57. The predicted octanol–water partition coefficient (Wildman–Crippen LogP) is 0.278. The number of rotatable bonds is 10. The Kier molecular flexibility index (Phi) is 10.0. The van der Waals surface area contributed by atoms with Crippen LogP contribution in [0.2, 0.25) is 0 Å². The van der Waals surface area contributed by atoms with E-state index in [-0.39, 0.29) is 11.8 Å². The van der Waals surface area contributed by atoms with E-state index in [0.29, 0.717) is 25.6 Å². The molecular weight excluding hydrogens is 258 g/mol. The summed E-state index contributed by atoms with van der Waals surface area (Å²) in [6.07, 6.45) is 0.777. The van der Waals surface area contributed by atoms with Gasteiger partial charge in [0.1, 0.15) is 0 Å². The minimum atomic E-state index is -0.405. The number of amides is 2. The monoisotopic (exact) mass is 287 g/mol. The molecule has 6 nitrogen and oxygen atoms in total. The van der Waals surface area contributed by atoms with E-state index in [2.05, 4.69) is 16.0 Å². The normalized spacial score (nSPS) is 13.9. The zero-order valence-electron chi connectivity index (χ0n) is 13.3. The number of hydrogen-bond donors (Lipinski definition) is 3. The molecule has 0 radical (unpaired) electrons. The van der Waals surface area contributed by atoms with Crippen molar-refractivity contribution in [3.63, 3.8) is 0 Å². The van der Waals surface area contributed by atoms with Crippen LogP contribution in [0.3, 0.4) is 0 Å². The first-order valence-corrected chi connectivity index (χ1v) is 7.18. The summed E-state index contributed by atoms with van der Waals surface area (Å²) in [7, 11) is 1.63. The van der Waals surface area contributed by atoms with Gasteiger partial charge >= 0.3 is 0 Å². The van der Waals surface area contributed by atoms with Crippen LogP contribution < -0.4 is 16.0 Å². The molecule has 0 bridgehead atoms. The van der Waals surface area contributed by atoms with Crippen LogP contribution in [0.15, 0.2) is 0 Å². The number of carbonyl (C=O) groups is 2. The van der Waals surface area contributed by atoms with E-state index in [9.17, 15) is 9.59 Å². The molecule has 0 aromatic carbocycles. The molecular formula is C14H29N3O3. The average Bonchev–Trinajstić information content (AvgIpc) is 2.40. The van der Waals surface area contributed by atoms with Crippen LogP contribution in [-0.4, -0.2) is 50.7 Å². The molecule has 0 saturated carbocycles. The number of nitrogens with one attached hydrogen (secondary N) is 3. The summed E-state index contributed by atoms with van der Waals surface area (Å²) in [5.74, 6) is 0.218. The lowest BCUT2D eigenvalue weighted by molar-refractivity contribution is -0.125. The second-order valence-corrected chi connectivity index (χ2v) is 5.39. The van der Waals surface area contributed by atoms with Crippen LogP contribution in [0.25, 0.3) is 0 Å². The number of carbonyl (C=O) groups excluding carboxylic acids is 2. The summed E-state index contributed by atoms with van der Waals surface area (Å²) >= 11 is 0. The first-order valence-electron chi connectivity index (χ1n) is 7.18. The average molecular weight is 287 g/mol. The second kappa shape index (κ2) is 10.6. The van der Waals surface area contributed by atoms with Gasteiger partial charge in [0, 0.05) is 26.8 Å². The van der Waals surface area contributed by atoms with E-state index in [1.807, 2.05) is 13.8 Å². The zero-order chi connectivity index (χ0) is 15.5. The lowest BCUT2D eigenvalue weighted by atomic mass is 10.2. The molecule has 3 N–H and O–H groups in total. The summed E-state index contributed by atoms with van der Waals surface area (Å²) in [6, 6.07) is -0.800. The largest absolute Gasteiger partial charge is 0.385 e. The van der Waals surface area contributed by atoms with Crippen molar-refractivity contribution in [2.24, 2.45) is 5.92 Å². The quantitative estimate of drug-likeness (QED) is 0.504. The van der Waals surface area contributed by atoms with Crippen LogP contribution in [0.5, 0.6) is 0 Å². The van der Waals surface area contributed by atoms with Crippen LogP contribution in [0.4, 0.5) is 0 Å². The van der Waals surface area contributed by atoms with Gasteiger partial charge in [-0.3, -0.25) is 14.9 Å². The third-order valence-corrected chi connectivity index (χ3v) is 2.80. The Morgan fingerprint density at radius 2 is 1.55 bits per heavy atom. The van der Waals surface area contributed by atoms with Gasteiger partial charge in [0.15, 0.2) is 0 Å². The standard InChI is InChI=1S/C14H29N3O3/c1-10(2)9-16-14(19)12(4)17-11(3)13(18)15-7-6-8-20-5/h10-12,17H,6-9H2,1-5H3,(H,15,18)(H,16,19). The SMILES string of the molecule is COCCCNC(=O)C(C)NC(C)C(=O)NCC(C)C. The van der Waals surface area contributed by atoms with E-state index in [1.54, 1.807) is 21.0 Å². The molecule has 6 heteroatoms. The van der Waals surface area contributed by atoms with Crippen molar-refractivity contribution in [3.05, 3.63) is 0 Å². The minimum absolute atomic E-state index is 0.0854. The highest BCUT2D eigenvalue weighted by atomic mass is 16.5. The maximum absolute atomic E-state index is 11.8. The molecule has 0 spiro atoms. The van der Waals surface area contributed by atoms with Crippen molar-refractivity contribution in [3.8, 4) is 0 Å². The van der Waals surface area contributed by atoms with Gasteiger partial charge in [-0.15, -0.1) is 0 Å². The molecule has 20 heavy (non-hydrogen) atoms. The molecule has 2 amide bonds. The highest BCUT2D eigenvalue weighted by molar-refractivity contribution is 5.84. The van der Waals surface area contributed by atoms with Gasteiger partial charge in [0.05, 0.1) is 12.1 Å². The van der Waals surface area contributed by atoms with Crippen molar-refractivity contribution in [2.75, 3.05) is 26.8 Å². The van der Waals surface area contributed by atoms with Gasteiger partial charge < -0.3 is 15.4 Å². The fourth-order valence-corrected chi connectivity index (χ4v) is 1.57. The second-order valence-electron chi connectivity index (χ2n) is 5.39. The summed E-state index contributed by atoms with van der Waals surface area (Å²) in [6.45, 7) is 9.41. The van der Waals surface area contributed by atoms with Gasteiger partial charge in [-0.1, -0.05) is 13.8 Å². The van der Waals surface area contributed by atoms with Gasteiger partial charge in [-0.2, -0.15) is 0 Å². The number of methoxy groups -OCH3 is 1. The van der Waals surface area contributed by atoms with E-state index in [0.717, 1.165) is 6.42 Å². The van der Waals surface area contributed by atoms with Gasteiger partial charge in [-0.25, -0.2) is 0 Å². The molecule has 0 aromatic rings. The molecule has 0 aliphatic carbocycles. The Balaban J connectivity index is 3.95. The topological polar surface area (TPSA) is 79.5 Å². The lowest BCUT2D eigenvalue weighted by Crippen LogP contribution is -2.51. The van der Waals surface area contributed by atoms with Gasteiger partial charge in [0.25, 0.3) is 0 Å². The molecule has 0 aliphatic heterocycles. The van der Waals surface area contributed by atoms with Crippen LogP contribution in [-0.2, 0) is 14.3 Å². The molecule has 2 unspecified atom stereocenters. The molecule has 0 rings (SSSR count). The summed E-state index contributed by atoms with van der Waals surface area (Å²) in [5.41, 5.74) is 0. The van der Waals surface area contributed by atoms with E-state index >= 15 is 0 Å². The van der Waals surface area contributed by atoms with Gasteiger partial charge in [0.2, 0.25) is 11.8 Å². The highest BCUT2D eigenvalue weighted by Gasteiger charge is 2.19. The Hall–Kier alpha value is -1.14. The fraction of sp³-hybridized carbons (Fsp3) is 0.857. The van der Waals surface area contributed by atoms with E-state index in [1.165, 1.54) is 0 Å². The first-order chi connectivity index (χ1) is 9.38. The number of hydrogen-bond acceptors (Lipinski definition) is 4. The van der Waals surface area contributed by atoms with Crippen molar-refractivity contribution in [1.82, 2.24) is 16.0 Å². The Morgan fingerprint density at radius 1 is 1.00 bits per heavy atom. The van der Waals surface area contributed by atoms with Crippen molar-refractivity contribution < 1.29 is 14.3 Å². The molecule has 2 atom stereocenters. The highest BCUT2D eigenvalue weighted by Crippen LogP contribution is 1.92. The van der Waals surface area contributed by atoms with Crippen LogP contribution in [0.1, 0.15) is 34.1 Å². The molecule has 0 heterocycles. The maximum atomic E-state index is 11.8. The predicted molar refractivity (Wildman–Crippen MR) is 79.4 cm³/mol. The molecule has 0 aliphatic rings. The van der Waals surface area contributed by atoms with Crippen molar-refractivity contribution >= 4 is 11.8 Å². The Bertz CT molecular complexity index is 295. The van der Waals surface area contributed by atoms with Gasteiger partial charge in [-0.05, 0) is 26.2 Å². The summed E-state index contributed by atoms with van der Waals surface area (Å²) in [4.78, 5) is 23.6. The minimum Gasteiger partial charge on any atom is -0.385 e. The van der Waals surface area contributed by atoms with E-state index in [4.69, 9.17) is 4.74 Å². The molecule has 0 fully saturated rings. The van der Waals surface area contributed by atoms with E-state index < -0.39 is 12.1 Å². The molecule has 0 aromatic heterocycles. The van der Waals surface area contributed by atoms with Crippen LogP contribution >= 0.6 is 0 Å². The Morgan fingerprint density at radius 3 is 2.05 bits per heavy atom.